The molecule has 1 N–H and O–H groups in total. The van der Waals surface area contributed by atoms with Gasteiger partial charge in [0.25, 0.3) is 0 Å². The molecule has 8 heteroatoms. The number of nitrogens with one attached hydrogen (secondary N) is 1. The number of amides is 1. The van der Waals surface area contributed by atoms with Gasteiger partial charge in [-0.2, -0.15) is 0 Å². The van der Waals surface area contributed by atoms with Gasteiger partial charge < -0.3 is 19.5 Å². The number of rotatable bonds is 5. The Morgan fingerprint density at radius 2 is 1.76 bits per heavy atom. The highest BCUT2D eigenvalue weighted by Crippen LogP contribution is 2.35. The highest BCUT2D eigenvalue weighted by atomic mass is 32.2. The van der Waals surface area contributed by atoms with Crippen LogP contribution < -0.4 is 19.5 Å². The average Bonchev–Trinajstić information content (AvgIpc) is 2.73. The molecule has 2 aromatic rings. The zero-order chi connectivity index (χ0) is 20.4. The predicted molar refractivity (Wildman–Crippen MR) is 107 cm³/mol. The van der Waals surface area contributed by atoms with Crippen molar-refractivity contribution >= 4 is 15.7 Å². The third kappa shape index (κ3) is 4.03. The first-order valence-corrected chi connectivity index (χ1v) is 11.3. The molecule has 154 valence electrons. The van der Waals surface area contributed by atoms with Gasteiger partial charge in [0.2, 0.25) is 5.91 Å². The topological polar surface area (TPSA) is 90.9 Å². The number of benzene rings is 2. The molecule has 2 unspecified atom stereocenters. The van der Waals surface area contributed by atoms with Crippen molar-refractivity contribution in [3.05, 3.63) is 53.6 Å². The zero-order valence-electron chi connectivity index (χ0n) is 16.1. The molecule has 29 heavy (non-hydrogen) atoms. The summed E-state index contributed by atoms with van der Waals surface area (Å²) in [6, 6.07) is 12.3. The lowest BCUT2D eigenvalue weighted by molar-refractivity contribution is -0.121. The molecule has 4 rings (SSSR count). The fraction of sp³-hybridized carbons (Fsp3) is 0.381. The van der Waals surface area contributed by atoms with E-state index < -0.39 is 21.0 Å². The lowest BCUT2D eigenvalue weighted by atomic mass is 10.0. The van der Waals surface area contributed by atoms with E-state index in [-0.39, 0.29) is 11.8 Å². The van der Waals surface area contributed by atoms with Crippen LogP contribution in [0, 0.1) is 0 Å². The summed E-state index contributed by atoms with van der Waals surface area (Å²) in [5, 5.41) is 1.68. The van der Waals surface area contributed by atoms with E-state index in [2.05, 4.69) is 5.32 Å². The van der Waals surface area contributed by atoms with Crippen LogP contribution in [0.25, 0.3) is 0 Å². The van der Waals surface area contributed by atoms with E-state index in [4.69, 9.17) is 14.2 Å². The number of ether oxygens (including phenoxy) is 3. The third-order valence-corrected chi connectivity index (χ3v) is 7.19. The third-order valence-electron chi connectivity index (χ3n) is 5.19. The Hall–Kier alpha value is -2.74. The van der Waals surface area contributed by atoms with Gasteiger partial charge in [-0.3, -0.25) is 4.79 Å². The molecule has 2 aromatic carbocycles. The number of carbonyl (C=O) groups is 1. The summed E-state index contributed by atoms with van der Waals surface area (Å²) in [5.74, 6) is 0.868. The van der Waals surface area contributed by atoms with Gasteiger partial charge in [-0.15, -0.1) is 0 Å². The molecule has 0 bridgehead atoms. The van der Waals surface area contributed by atoms with Crippen LogP contribution in [0.15, 0.2) is 42.5 Å². The van der Waals surface area contributed by atoms with Crippen LogP contribution >= 0.6 is 0 Å². The van der Waals surface area contributed by atoms with Crippen LogP contribution in [0.2, 0.25) is 0 Å². The normalized spacial score (nSPS) is 18.9. The summed E-state index contributed by atoms with van der Waals surface area (Å²) in [6.45, 7) is 2.68. The van der Waals surface area contributed by atoms with Crippen molar-refractivity contribution in [1.82, 2.24) is 5.32 Å². The van der Waals surface area contributed by atoms with Crippen molar-refractivity contribution in [3.8, 4) is 17.2 Å². The quantitative estimate of drug-likeness (QED) is 0.803. The molecule has 0 spiro atoms. The molecule has 1 amide bonds. The molecule has 0 radical (unpaired) electrons. The Kier molecular flexibility index (Phi) is 5.36. The van der Waals surface area contributed by atoms with E-state index >= 15 is 0 Å². The number of hydrogen-bond acceptors (Lipinski definition) is 6. The Morgan fingerprint density at radius 1 is 1.03 bits per heavy atom. The van der Waals surface area contributed by atoms with Crippen molar-refractivity contribution < 1.29 is 27.4 Å². The van der Waals surface area contributed by atoms with E-state index in [1.165, 1.54) is 6.92 Å². The second-order valence-electron chi connectivity index (χ2n) is 7.13. The largest absolute Gasteiger partial charge is 0.493 e. The smallest absolute Gasteiger partial charge is 0.238 e. The standard InChI is InChI=1S/C21H23NO6S/c1-14(21(23)22-17-9-10-26-18-7-3-2-6-16(17)18)29(24,25)13-15-5-4-8-19-20(15)28-12-11-27-19/h2-8,14,17H,9-13H2,1H3,(H,22,23). The number of sulfone groups is 1. The number of para-hydroxylation sites is 2. The van der Waals surface area contributed by atoms with E-state index in [1.54, 1.807) is 18.2 Å². The van der Waals surface area contributed by atoms with E-state index in [1.807, 2.05) is 24.3 Å². The molecule has 7 nitrogen and oxygen atoms in total. The summed E-state index contributed by atoms with van der Waals surface area (Å²) in [6.07, 6.45) is 0.590. The van der Waals surface area contributed by atoms with Gasteiger partial charge in [0.1, 0.15) is 24.2 Å². The molecule has 2 aliphatic heterocycles. The Bertz CT molecular complexity index is 1020. The van der Waals surface area contributed by atoms with Crippen molar-refractivity contribution in [2.75, 3.05) is 19.8 Å². The Morgan fingerprint density at radius 3 is 2.62 bits per heavy atom. The van der Waals surface area contributed by atoms with Gasteiger partial charge in [0.05, 0.1) is 18.4 Å². The lowest BCUT2D eigenvalue weighted by Gasteiger charge is -2.27. The second-order valence-corrected chi connectivity index (χ2v) is 9.45. The van der Waals surface area contributed by atoms with E-state index in [0.717, 1.165) is 5.56 Å². The highest BCUT2D eigenvalue weighted by Gasteiger charge is 2.32. The maximum Gasteiger partial charge on any atom is 0.238 e. The molecule has 0 aliphatic carbocycles. The zero-order valence-corrected chi connectivity index (χ0v) is 16.9. The average molecular weight is 417 g/mol. The van der Waals surface area contributed by atoms with E-state index in [0.29, 0.717) is 49.1 Å². The molecule has 2 heterocycles. The molecular weight excluding hydrogens is 394 g/mol. The first-order valence-electron chi connectivity index (χ1n) is 9.57. The van der Waals surface area contributed by atoms with Crippen molar-refractivity contribution in [2.45, 2.75) is 30.4 Å². The summed E-state index contributed by atoms with van der Waals surface area (Å²) in [4.78, 5) is 12.8. The monoisotopic (exact) mass is 417 g/mol. The maximum absolute atomic E-state index is 12.9. The minimum Gasteiger partial charge on any atom is -0.493 e. The molecule has 0 aromatic heterocycles. The first kappa shape index (κ1) is 19.6. The summed E-state index contributed by atoms with van der Waals surface area (Å²) in [7, 11) is -3.75. The first-order chi connectivity index (χ1) is 14.0. The highest BCUT2D eigenvalue weighted by molar-refractivity contribution is 7.92. The summed E-state index contributed by atoms with van der Waals surface area (Å²) < 4.78 is 42.6. The van der Waals surface area contributed by atoms with E-state index in [9.17, 15) is 13.2 Å². The van der Waals surface area contributed by atoms with Crippen LogP contribution in [0.3, 0.4) is 0 Å². The fourth-order valence-electron chi connectivity index (χ4n) is 3.53. The van der Waals surface area contributed by atoms with Crippen LogP contribution in [-0.2, 0) is 20.4 Å². The molecule has 0 saturated carbocycles. The lowest BCUT2D eigenvalue weighted by Crippen LogP contribution is -2.41. The second kappa shape index (κ2) is 7.94. The fourth-order valence-corrected chi connectivity index (χ4v) is 4.84. The van der Waals surface area contributed by atoms with Gasteiger partial charge in [-0.05, 0) is 19.1 Å². The van der Waals surface area contributed by atoms with Crippen LogP contribution in [0.4, 0.5) is 0 Å². The maximum atomic E-state index is 12.9. The minimum absolute atomic E-state index is 0.272. The molecule has 0 saturated heterocycles. The molecular formula is C21H23NO6S. The molecule has 2 aliphatic rings. The Labute approximate surface area is 169 Å². The van der Waals surface area contributed by atoms with Gasteiger partial charge >= 0.3 is 0 Å². The molecule has 0 fully saturated rings. The van der Waals surface area contributed by atoms with Crippen molar-refractivity contribution in [1.29, 1.82) is 0 Å². The number of fused-ring (bicyclic) bond motifs is 2. The Balaban J connectivity index is 1.49. The SMILES string of the molecule is CC(C(=O)NC1CCOc2ccccc21)S(=O)(=O)Cc1cccc2c1OCCO2. The summed E-state index contributed by atoms with van der Waals surface area (Å²) >= 11 is 0. The van der Waals surface area contributed by atoms with Crippen LogP contribution in [0.1, 0.15) is 30.5 Å². The van der Waals surface area contributed by atoms with Gasteiger partial charge in [-0.25, -0.2) is 8.42 Å². The van der Waals surface area contributed by atoms with Crippen molar-refractivity contribution in [2.24, 2.45) is 0 Å². The van der Waals surface area contributed by atoms with Gasteiger partial charge in [0, 0.05) is 17.5 Å². The van der Waals surface area contributed by atoms with Crippen LogP contribution in [-0.4, -0.2) is 39.4 Å². The van der Waals surface area contributed by atoms with Gasteiger partial charge in [-0.1, -0.05) is 30.3 Å². The van der Waals surface area contributed by atoms with Crippen molar-refractivity contribution in [3.63, 3.8) is 0 Å². The summed E-state index contributed by atoms with van der Waals surface area (Å²) in [5.41, 5.74) is 1.36. The number of carbonyl (C=O) groups excluding carboxylic acids is 1. The minimum atomic E-state index is -3.75. The molecule has 2 atom stereocenters. The van der Waals surface area contributed by atoms with Gasteiger partial charge in [0.15, 0.2) is 21.3 Å². The predicted octanol–water partition coefficient (Wildman–Crippen LogP) is 2.40. The number of hydrogen-bond donors (Lipinski definition) is 1. The van der Waals surface area contributed by atoms with Crippen LogP contribution in [0.5, 0.6) is 17.2 Å².